The van der Waals surface area contributed by atoms with Gasteiger partial charge < -0.3 is 19.5 Å². The zero-order chi connectivity index (χ0) is 24.7. The summed E-state index contributed by atoms with van der Waals surface area (Å²) in [4.78, 5) is 19.6. The van der Waals surface area contributed by atoms with Gasteiger partial charge in [-0.25, -0.2) is 14.2 Å². The molecule has 1 amide bonds. The van der Waals surface area contributed by atoms with Gasteiger partial charge in [-0.15, -0.1) is 0 Å². The molecule has 5 heterocycles. The summed E-state index contributed by atoms with van der Waals surface area (Å²) in [5, 5.41) is 3.03. The van der Waals surface area contributed by atoms with E-state index in [-0.39, 0.29) is 12.2 Å². The molecule has 3 saturated heterocycles. The third-order valence-electron chi connectivity index (χ3n) is 7.31. The molecule has 2 bridgehead atoms. The molecule has 8 heteroatoms. The zero-order valence-electron chi connectivity index (χ0n) is 20.8. The number of hydrogen-bond donors (Lipinski definition) is 1. The highest BCUT2D eigenvalue weighted by Crippen LogP contribution is 2.45. The SMILES string of the molecule is CC(C)Oc1ccc(-c2cc3c(cc2F)C(NC(=O)O[C@H]2CN4CCC2CC4)C(C)(C)CO3)cn1. The average molecular weight is 484 g/mol. The first-order valence-electron chi connectivity index (χ1n) is 12.5. The van der Waals surface area contributed by atoms with Crippen molar-refractivity contribution in [2.45, 2.75) is 58.8 Å². The van der Waals surface area contributed by atoms with Gasteiger partial charge in [0, 0.05) is 40.9 Å². The molecule has 7 nitrogen and oxygen atoms in total. The second-order valence-corrected chi connectivity index (χ2v) is 10.9. The summed E-state index contributed by atoms with van der Waals surface area (Å²) >= 11 is 0. The van der Waals surface area contributed by atoms with Crippen LogP contribution in [0.5, 0.6) is 11.6 Å². The van der Waals surface area contributed by atoms with Gasteiger partial charge in [0.1, 0.15) is 17.7 Å². The molecule has 2 aromatic rings. The Morgan fingerprint density at radius 3 is 2.66 bits per heavy atom. The molecule has 35 heavy (non-hydrogen) atoms. The van der Waals surface area contributed by atoms with Gasteiger partial charge in [-0.2, -0.15) is 0 Å². The van der Waals surface area contributed by atoms with Crippen LogP contribution in [0.15, 0.2) is 30.5 Å². The number of halogens is 1. The van der Waals surface area contributed by atoms with Crippen LogP contribution in [0.4, 0.5) is 9.18 Å². The van der Waals surface area contributed by atoms with E-state index in [9.17, 15) is 4.79 Å². The minimum Gasteiger partial charge on any atom is -0.493 e. The molecule has 0 radical (unpaired) electrons. The third kappa shape index (κ3) is 4.94. The van der Waals surface area contributed by atoms with Crippen LogP contribution in [0.25, 0.3) is 11.1 Å². The molecule has 1 aromatic carbocycles. The predicted molar refractivity (Wildman–Crippen MR) is 130 cm³/mol. The van der Waals surface area contributed by atoms with Crippen molar-refractivity contribution in [2.75, 3.05) is 26.2 Å². The number of aromatic nitrogens is 1. The van der Waals surface area contributed by atoms with Gasteiger partial charge in [-0.3, -0.25) is 4.90 Å². The molecule has 4 aliphatic rings. The van der Waals surface area contributed by atoms with E-state index < -0.39 is 23.4 Å². The normalized spacial score (nSPS) is 26.6. The molecule has 188 valence electrons. The molecule has 0 aliphatic carbocycles. The van der Waals surface area contributed by atoms with Gasteiger partial charge in [0.15, 0.2) is 0 Å². The number of fused-ring (bicyclic) bond motifs is 4. The Balaban J connectivity index is 1.36. The van der Waals surface area contributed by atoms with Crippen LogP contribution in [-0.2, 0) is 4.74 Å². The largest absolute Gasteiger partial charge is 0.493 e. The second-order valence-electron chi connectivity index (χ2n) is 10.9. The lowest BCUT2D eigenvalue weighted by atomic mass is 9.78. The number of carbonyl (C=O) groups is 1. The molecule has 1 unspecified atom stereocenters. The Bertz CT molecular complexity index is 1080. The quantitative estimate of drug-likeness (QED) is 0.649. The molecule has 2 atom stereocenters. The number of nitrogens with one attached hydrogen (secondary N) is 1. The third-order valence-corrected chi connectivity index (χ3v) is 7.31. The maximum absolute atomic E-state index is 15.3. The highest BCUT2D eigenvalue weighted by atomic mass is 19.1. The van der Waals surface area contributed by atoms with Crippen molar-refractivity contribution >= 4 is 6.09 Å². The van der Waals surface area contributed by atoms with Gasteiger partial charge in [0.25, 0.3) is 0 Å². The number of ether oxygens (including phenoxy) is 3. The van der Waals surface area contributed by atoms with E-state index in [4.69, 9.17) is 14.2 Å². The smallest absolute Gasteiger partial charge is 0.407 e. The van der Waals surface area contributed by atoms with Crippen LogP contribution in [-0.4, -0.2) is 54.4 Å². The fourth-order valence-corrected chi connectivity index (χ4v) is 5.37. The Kier molecular flexibility index (Phi) is 6.34. The first-order valence-corrected chi connectivity index (χ1v) is 12.5. The van der Waals surface area contributed by atoms with Crippen LogP contribution < -0.4 is 14.8 Å². The fourth-order valence-electron chi connectivity index (χ4n) is 5.37. The fraction of sp³-hybridized carbons (Fsp3) is 0.556. The molecule has 1 aromatic heterocycles. The van der Waals surface area contributed by atoms with Gasteiger partial charge in [0.2, 0.25) is 5.88 Å². The number of pyridine rings is 1. The monoisotopic (exact) mass is 483 g/mol. The average Bonchev–Trinajstić information content (AvgIpc) is 2.82. The summed E-state index contributed by atoms with van der Waals surface area (Å²) < 4.78 is 32.8. The van der Waals surface area contributed by atoms with E-state index in [1.54, 1.807) is 24.4 Å². The summed E-state index contributed by atoms with van der Waals surface area (Å²) in [5.41, 5.74) is 1.19. The highest BCUT2D eigenvalue weighted by molar-refractivity contribution is 5.70. The Morgan fingerprint density at radius 1 is 1.26 bits per heavy atom. The van der Waals surface area contributed by atoms with E-state index in [1.807, 2.05) is 27.7 Å². The van der Waals surface area contributed by atoms with Crippen molar-refractivity contribution in [1.29, 1.82) is 0 Å². The highest BCUT2D eigenvalue weighted by Gasteiger charge is 2.41. The number of alkyl carbamates (subject to hydrolysis) is 1. The molecule has 1 N–H and O–H groups in total. The number of rotatable bonds is 5. The van der Waals surface area contributed by atoms with E-state index in [0.29, 0.717) is 40.8 Å². The van der Waals surface area contributed by atoms with Crippen LogP contribution in [0.3, 0.4) is 0 Å². The Hall–Kier alpha value is -2.87. The summed E-state index contributed by atoms with van der Waals surface area (Å²) in [6.45, 7) is 11.2. The topological polar surface area (TPSA) is 72.9 Å². The van der Waals surface area contributed by atoms with Crippen LogP contribution >= 0.6 is 0 Å². The lowest BCUT2D eigenvalue weighted by molar-refractivity contribution is -0.0361. The number of amides is 1. The first kappa shape index (κ1) is 23.9. The van der Waals surface area contributed by atoms with Crippen molar-refractivity contribution in [3.8, 4) is 22.8 Å². The molecular formula is C27H34FN3O4. The van der Waals surface area contributed by atoms with Crippen LogP contribution in [0.2, 0.25) is 0 Å². The lowest BCUT2D eigenvalue weighted by Gasteiger charge is -2.44. The van der Waals surface area contributed by atoms with Crippen molar-refractivity contribution in [1.82, 2.24) is 15.2 Å². The standard InChI is InChI=1S/C27H34FN3O4/c1-16(2)34-24-6-5-18(13-29-24)19-12-22-20(11-21(19)28)25(27(3,4)15-33-22)30-26(32)35-23-14-31-9-7-17(23)8-10-31/h5-6,11-13,16-17,23,25H,7-10,14-15H2,1-4H3,(H,30,32)/t23-,25?/m0/s1. The minimum absolute atomic E-state index is 0.00692. The van der Waals surface area contributed by atoms with E-state index >= 15 is 4.39 Å². The van der Waals surface area contributed by atoms with E-state index in [2.05, 4.69) is 15.2 Å². The second kappa shape index (κ2) is 9.30. The number of hydrogen-bond acceptors (Lipinski definition) is 6. The summed E-state index contributed by atoms with van der Waals surface area (Å²) in [5.74, 6) is 1.07. The van der Waals surface area contributed by atoms with Gasteiger partial charge >= 0.3 is 6.09 Å². The Morgan fingerprint density at radius 2 is 2.03 bits per heavy atom. The predicted octanol–water partition coefficient (Wildman–Crippen LogP) is 4.96. The zero-order valence-corrected chi connectivity index (χ0v) is 20.8. The maximum Gasteiger partial charge on any atom is 0.407 e. The van der Waals surface area contributed by atoms with E-state index in [0.717, 1.165) is 32.5 Å². The van der Waals surface area contributed by atoms with E-state index in [1.165, 1.54) is 6.07 Å². The van der Waals surface area contributed by atoms with Gasteiger partial charge in [-0.05, 0) is 63.9 Å². The summed E-state index contributed by atoms with van der Waals surface area (Å²) in [6.07, 6.45) is 3.19. The lowest BCUT2D eigenvalue weighted by Crippen LogP contribution is -2.53. The Labute approximate surface area is 206 Å². The molecule has 6 rings (SSSR count). The number of benzene rings is 1. The van der Waals surface area contributed by atoms with Gasteiger partial charge in [0.05, 0.1) is 18.8 Å². The van der Waals surface area contributed by atoms with Crippen molar-refractivity contribution < 1.29 is 23.4 Å². The summed E-state index contributed by atoms with van der Waals surface area (Å²) in [6, 6.07) is 6.22. The molecule has 3 fully saturated rings. The summed E-state index contributed by atoms with van der Waals surface area (Å²) in [7, 11) is 0. The number of piperidine rings is 3. The van der Waals surface area contributed by atoms with Crippen molar-refractivity contribution in [2.24, 2.45) is 11.3 Å². The molecule has 4 aliphatic heterocycles. The van der Waals surface area contributed by atoms with Crippen LogP contribution in [0.1, 0.15) is 52.1 Å². The first-order chi connectivity index (χ1) is 16.7. The van der Waals surface area contributed by atoms with Crippen LogP contribution in [0, 0.1) is 17.2 Å². The number of nitrogens with zero attached hydrogens (tertiary/aromatic N) is 2. The maximum atomic E-state index is 15.3. The van der Waals surface area contributed by atoms with Crippen molar-refractivity contribution in [3.63, 3.8) is 0 Å². The molecule has 0 saturated carbocycles. The molecular weight excluding hydrogens is 449 g/mol. The van der Waals surface area contributed by atoms with Gasteiger partial charge in [-0.1, -0.05) is 13.8 Å². The minimum atomic E-state index is -0.455. The van der Waals surface area contributed by atoms with Crippen molar-refractivity contribution in [3.05, 3.63) is 41.8 Å². The molecule has 0 spiro atoms. The number of carbonyl (C=O) groups excluding carboxylic acids is 1.